The third kappa shape index (κ3) is 3.17. The van der Waals surface area contributed by atoms with Gasteiger partial charge in [-0.05, 0) is 42.5 Å². The van der Waals surface area contributed by atoms with Crippen molar-refractivity contribution in [2.75, 3.05) is 5.32 Å². The fraction of sp³-hybridized carbons (Fsp3) is 0. The number of anilines is 1. The fourth-order valence-electron chi connectivity index (χ4n) is 2.68. The second-order valence-electron chi connectivity index (χ2n) is 5.62. The van der Waals surface area contributed by atoms with Crippen molar-refractivity contribution in [2.24, 2.45) is 0 Å². The fourth-order valence-corrected chi connectivity index (χ4v) is 3.18. The molecule has 1 N–H and O–H groups in total. The van der Waals surface area contributed by atoms with Crippen LogP contribution in [0.5, 0.6) is 0 Å². The molecule has 0 radical (unpaired) electrons. The molecular formula is C20H12Cl2N2O2. The third-order valence-corrected chi connectivity index (χ3v) is 4.46. The van der Waals surface area contributed by atoms with Crippen LogP contribution in [-0.4, -0.2) is 10.9 Å². The van der Waals surface area contributed by atoms with Crippen LogP contribution in [0.1, 0.15) is 10.6 Å². The zero-order valence-corrected chi connectivity index (χ0v) is 14.9. The quantitative estimate of drug-likeness (QED) is 0.468. The van der Waals surface area contributed by atoms with Crippen molar-refractivity contribution in [3.63, 3.8) is 0 Å². The molecule has 128 valence electrons. The normalized spacial score (nSPS) is 10.8. The molecule has 0 aliphatic heterocycles. The van der Waals surface area contributed by atoms with E-state index in [2.05, 4.69) is 10.3 Å². The van der Waals surface area contributed by atoms with Crippen LogP contribution in [0.15, 0.2) is 71.3 Å². The van der Waals surface area contributed by atoms with Gasteiger partial charge in [0.05, 0.1) is 16.2 Å². The molecule has 2 aromatic carbocycles. The second-order valence-corrected chi connectivity index (χ2v) is 6.47. The van der Waals surface area contributed by atoms with Gasteiger partial charge in [0.2, 0.25) is 0 Å². The zero-order valence-electron chi connectivity index (χ0n) is 13.4. The smallest absolute Gasteiger partial charge is 0.291 e. The molecule has 0 aliphatic rings. The van der Waals surface area contributed by atoms with Gasteiger partial charge in [-0.15, -0.1) is 0 Å². The minimum Gasteiger partial charge on any atom is -0.451 e. The first kappa shape index (κ1) is 16.6. The topological polar surface area (TPSA) is 55.1 Å². The lowest BCUT2D eigenvalue weighted by Gasteiger charge is -2.06. The maximum Gasteiger partial charge on any atom is 0.291 e. The van der Waals surface area contributed by atoms with Gasteiger partial charge in [0.25, 0.3) is 5.91 Å². The van der Waals surface area contributed by atoms with E-state index in [0.717, 1.165) is 10.9 Å². The standard InChI is InChI=1S/C20H12Cl2N2O2/c21-13-6-7-14(15(22)11-13)17-8-9-18(26-17)20(25)24-16-5-1-3-12-4-2-10-23-19(12)16/h1-11H,(H,24,25). The molecule has 0 unspecified atom stereocenters. The van der Waals surface area contributed by atoms with Gasteiger partial charge in [0, 0.05) is 22.2 Å². The lowest BCUT2D eigenvalue weighted by Crippen LogP contribution is -2.11. The Labute approximate surface area is 159 Å². The predicted molar refractivity (Wildman–Crippen MR) is 104 cm³/mol. The molecule has 0 fully saturated rings. The Morgan fingerprint density at radius 3 is 2.69 bits per heavy atom. The number of carbonyl (C=O) groups excluding carboxylic acids is 1. The van der Waals surface area contributed by atoms with E-state index in [-0.39, 0.29) is 11.7 Å². The summed E-state index contributed by atoms with van der Waals surface area (Å²) in [5.74, 6) is 0.311. The van der Waals surface area contributed by atoms with Crippen molar-refractivity contribution in [1.29, 1.82) is 0 Å². The van der Waals surface area contributed by atoms with E-state index in [1.807, 2.05) is 24.3 Å². The van der Waals surface area contributed by atoms with Crippen LogP contribution in [0, 0.1) is 0 Å². The highest BCUT2D eigenvalue weighted by atomic mass is 35.5. The van der Waals surface area contributed by atoms with Crippen molar-refractivity contribution < 1.29 is 9.21 Å². The molecule has 26 heavy (non-hydrogen) atoms. The average Bonchev–Trinajstić information content (AvgIpc) is 3.12. The van der Waals surface area contributed by atoms with Gasteiger partial charge >= 0.3 is 0 Å². The minimum absolute atomic E-state index is 0.180. The van der Waals surface area contributed by atoms with Gasteiger partial charge < -0.3 is 9.73 Å². The number of fused-ring (bicyclic) bond motifs is 1. The maximum absolute atomic E-state index is 12.6. The summed E-state index contributed by atoms with van der Waals surface area (Å²) in [6.07, 6.45) is 1.69. The molecule has 0 spiro atoms. The lowest BCUT2D eigenvalue weighted by atomic mass is 10.2. The van der Waals surface area contributed by atoms with E-state index in [0.29, 0.717) is 27.1 Å². The zero-order chi connectivity index (χ0) is 18.1. The highest BCUT2D eigenvalue weighted by Crippen LogP contribution is 2.32. The first-order valence-electron chi connectivity index (χ1n) is 7.82. The Morgan fingerprint density at radius 2 is 1.85 bits per heavy atom. The molecule has 2 heterocycles. The summed E-state index contributed by atoms with van der Waals surface area (Å²) in [6, 6.07) is 17.8. The Morgan fingerprint density at radius 1 is 1.00 bits per heavy atom. The van der Waals surface area contributed by atoms with Gasteiger partial charge in [0.15, 0.2) is 5.76 Å². The minimum atomic E-state index is -0.362. The molecule has 4 rings (SSSR count). The van der Waals surface area contributed by atoms with Crippen LogP contribution < -0.4 is 5.32 Å². The number of hydrogen-bond donors (Lipinski definition) is 1. The summed E-state index contributed by atoms with van der Waals surface area (Å²) in [6.45, 7) is 0. The number of nitrogens with zero attached hydrogens (tertiary/aromatic N) is 1. The number of carbonyl (C=O) groups is 1. The molecule has 0 saturated carbocycles. The number of pyridine rings is 1. The number of rotatable bonds is 3. The summed E-state index contributed by atoms with van der Waals surface area (Å²) in [5, 5.41) is 4.77. The Hall–Kier alpha value is -2.82. The predicted octanol–water partition coefficient (Wildman–Crippen LogP) is 6.05. The molecular weight excluding hydrogens is 371 g/mol. The number of hydrogen-bond acceptors (Lipinski definition) is 3. The van der Waals surface area contributed by atoms with Crippen LogP contribution >= 0.6 is 23.2 Å². The average molecular weight is 383 g/mol. The van der Waals surface area contributed by atoms with Crippen molar-refractivity contribution in [3.05, 3.63) is 82.7 Å². The first-order chi connectivity index (χ1) is 12.6. The largest absolute Gasteiger partial charge is 0.451 e. The molecule has 0 aliphatic carbocycles. The van der Waals surface area contributed by atoms with Crippen LogP contribution in [0.4, 0.5) is 5.69 Å². The van der Waals surface area contributed by atoms with Crippen LogP contribution in [-0.2, 0) is 0 Å². The van der Waals surface area contributed by atoms with Gasteiger partial charge in [0.1, 0.15) is 5.76 Å². The Bertz CT molecular complexity index is 1120. The van der Waals surface area contributed by atoms with Crippen molar-refractivity contribution in [2.45, 2.75) is 0 Å². The van der Waals surface area contributed by atoms with E-state index in [4.69, 9.17) is 27.6 Å². The number of aromatic nitrogens is 1. The lowest BCUT2D eigenvalue weighted by molar-refractivity contribution is 0.0997. The molecule has 0 saturated heterocycles. The molecule has 6 heteroatoms. The van der Waals surface area contributed by atoms with E-state index in [1.165, 1.54) is 0 Å². The molecule has 2 aromatic heterocycles. The summed E-state index contributed by atoms with van der Waals surface area (Å²) in [7, 11) is 0. The molecule has 0 bridgehead atoms. The summed E-state index contributed by atoms with van der Waals surface area (Å²) < 4.78 is 5.68. The van der Waals surface area contributed by atoms with Gasteiger partial charge in [-0.25, -0.2) is 0 Å². The van der Waals surface area contributed by atoms with Crippen molar-refractivity contribution in [3.8, 4) is 11.3 Å². The molecule has 1 amide bonds. The number of furan rings is 1. The highest BCUT2D eigenvalue weighted by Gasteiger charge is 2.15. The summed E-state index contributed by atoms with van der Waals surface area (Å²) in [4.78, 5) is 16.9. The van der Waals surface area contributed by atoms with E-state index < -0.39 is 0 Å². The van der Waals surface area contributed by atoms with Crippen LogP contribution in [0.25, 0.3) is 22.2 Å². The number of benzene rings is 2. The number of halogens is 2. The monoisotopic (exact) mass is 382 g/mol. The van der Waals surface area contributed by atoms with E-state index in [1.54, 1.807) is 42.6 Å². The first-order valence-corrected chi connectivity index (χ1v) is 8.58. The maximum atomic E-state index is 12.6. The van der Waals surface area contributed by atoms with Crippen molar-refractivity contribution >= 4 is 45.7 Å². The second kappa shape index (κ2) is 6.83. The van der Waals surface area contributed by atoms with E-state index >= 15 is 0 Å². The number of nitrogens with one attached hydrogen (secondary N) is 1. The van der Waals surface area contributed by atoms with E-state index in [9.17, 15) is 4.79 Å². The third-order valence-electron chi connectivity index (χ3n) is 3.91. The highest BCUT2D eigenvalue weighted by molar-refractivity contribution is 6.36. The van der Waals surface area contributed by atoms with Crippen molar-refractivity contribution in [1.82, 2.24) is 4.98 Å². The van der Waals surface area contributed by atoms with Crippen LogP contribution in [0.3, 0.4) is 0 Å². The Kier molecular flexibility index (Phi) is 4.37. The summed E-state index contributed by atoms with van der Waals surface area (Å²) >= 11 is 12.1. The van der Waals surface area contributed by atoms with Gasteiger partial charge in [-0.1, -0.05) is 41.4 Å². The van der Waals surface area contributed by atoms with Crippen LogP contribution in [0.2, 0.25) is 10.0 Å². The number of para-hydroxylation sites is 1. The number of amides is 1. The Balaban J connectivity index is 1.62. The molecule has 4 nitrogen and oxygen atoms in total. The van der Waals surface area contributed by atoms with Gasteiger partial charge in [-0.3, -0.25) is 9.78 Å². The summed E-state index contributed by atoms with van der Waals surface area (Å²) in [5.41, 5.74) is 2.01. The molecule has 0 atom stereocenters. The SMILES string of the molecule is O=C(Nc1cccc2cccnc12)c1ccc(-c2ccc(Cl)cc2Cl)o1. The van der Waals surface area contributed by atoms with Gasteiger partial charge in [-0.2, -0.15) is 0 Å². The molecule has 4 aromatic rings.